The van der Waals surface area contributed by atoms with Crippen molar-refractivity contribution in [1.82, 2.24) is 0 Å². The summed E-state index contributed by atoms with van der Waals surface area (Å²) in [6.07, 6.45) is 0. The van der Waals surface area contributed by atoms with Crippen molar-refractivity contribution < 1.29 is 4.79 Å². The van der Waals surface area contributed by atoms with Crippen molar-refractivity contribution in [3.63, 3.8) is 0 Å². The molecule has 0 aliphatic rings. The number of Topliss-reactive ketones (excluding diaryl/α,β-unsaturated/α-hetero) is 1. The van der Waals surface area contributed by atoms with E-state index in [2.05, 4.69) is 6.07 Å². The number of benzene rings is 2. The molecule has 0 saturated heterocycles. The zero-order valence-corrected chi connectivity index (χ0v) is 12.0. The molecule has 0 amide bonds. The lowest BCUT2D eigenvalue weighted by Crippen LogP contribution is -2.20. The number of carbonyl (C=O) groups excluding carboxylic acids is 1. The average molecular weight is 263 g/mol. The van der Waals surface area contributed by atoms with Crippen molar-refractivity contribution in [3.8, 4) is 17.2 Å². The molecule has 20 heavy (non-hydrogen) atoms. The zero-order chi connectivity index (χ0) is 14.8. The summed E-state index contributed by atoms with van der Waals surface area (Å²) in [5.41, 5.74) is 2.53. The van der Waals surface area contributed by atoms with Crippen molar-refractivity contribution in [2.24, 2.45) is 5.41 Å². The van der Waals surface area contributed by atoms with Gasteiger partial charge in [-0.1, -0.05) is 63.2 Å². The smallest absolute Gasteiger partial charge is 0.168 e. The molecule has 0 aliphatic carbocycles. The van der Waals surface area contributed by atoms with Gasteiger partial charge in [-0.3, -0.25) is 4.79 Å². The molecule has 0 N–H and O–H groups in total. The minimum Gasteiger partial charge on any atom is -0.294 e. The molecule has 0 atom stereocenters. The van der Waals surface area contributed by atoms with Gasteiger partial charge in [0, 0.05) is 11.0 Å². The van der Waals surface area contributed by atoms with Gasteiger partial charge in [0.25, 0.3) is 0 Å². The molecule has 0 bridgehead atoms. The number of hydrogen-bond acceptors (Lipinski definition) is 2. The first-order valence-electron chi connectivity index (χ1n) is 6.58. The summed E-state index contributed by atoms with van der Waals surface area (Å²) in [7, 11) is 0. The van der Waals surface area contributed by atoms with Crippen LogP contribution in [0.3, 0.4) is 0 Å². The van der Waals surface area contributed by atoms with E-state index in [9.17, 15) is 10.1 Å². The van der Waals surface area contributed by atoms with Gasteiger partial charge in [-0.25, -0.2) is 0 Å². The van der Waals surface area contributed by atoms with Crippen LogP contribution in [0.5, 0.6) is 0 Å². The van der Waals surface area contributed by atoms with Crippen molar-refractivity contribution in [2.45, 2.75) is 20.8 Å². The van der Waals surface area contributed by atoms with Crippen LogP contribution < -0.4 is 0 Å². The maximum absolute atomic E-state index is 12.3. The van der Waals surface area contributed by atoms with Gasteiger partial charge in [0.2, 0.25) is 0 Å². The standard InChI is InChI=1S/C18H17NO/c1-18(2,3)17(20)14-9-10-16(15(11-14)12-19)13-7-5-4-6-8-13/h4-11H,1-3H3. The van der Waals surface area contributed by atoms with Crippen LogP contribution in [0.25, 0.3) is 11.1 Å². The van der Waals surface area contributed by atoms with Gasteiger partial charge < -0.3 is 0 Å². The molecular formula is C18H17NO. The number of nitrogens with zero attached hydrogens (tertiary/aromatic N) is 1. The predicted molar refractivity (Wildman–Crippen MR) is 80.4 cm³/mol. The first-order chi connectivity index (χ1) is 9.43. The average Bonchev–Trinajstić information content (AvgIpc) is 2.45. The second kappa shape index (κ2) is 5.30. The van der Waals surface area contributed by atoms with E-state index in [1.54, 1.807) is 12.1 Å². The van der Waals surface area contributed by atoms with Gasteiger partial charge >= 0.3 is 0 Å². The molecule has 2 nitrogen and oxygen atoms in total. The molecule has 2 rings (SSSR count). The van der Waals surface area contributed by atoms with Crippen molar-refractivity contribution in [1.29, 1.82) is 5.26 Å². The molecule has 0 aromatic heterocycles. The third kappa shape index (κ3) is 2.78. The summed E-state index contributed by atoms with van der Waals surface area (Å²) in [5, 5.41) is 9.33. The fourth-order valence-electron chi connectivity index (χ4n) is 2.08. The van der Waals surface area contributed by atoms with Crippen LogP contribution >= 0.6 is 0 Å². The Labute approximate surface area is 119 Å². The summed E-state index contributed by atoms with van der Waals surface area (Å²) >= 11 is 0. The quantitative estimate of drug-likeness (QED) is 0.751. The molecule has 0 unspecified atom stereocenters. The number of ketones is 1. The first-order valence-corrected chi connectivity index (χ1v) is 6.58. The predicted octanol–water partition coefficient (Wildman–Crippen LogP) is 4.45. The third-order valence-corrected chi connectivity index (χ3v) is 3.17. The van der Waals surface area contributed by atoms with E-state index in [-0.39, 0.29) is 5.78 Å². The highest BCUT2D eigenvalue weighted by Crippen LogP contribution is 2.27. The zero-order valence-electron chi connectivity index (χ0n) is 12.0. The molecule has 2 aromatic rings. The number of nitriles is 1. The Morgan fingerprint density at radius 2 is 1.70 bits per heavy atom. The minimum atomic E-state index is -0.443. The molecule has 0 aliphatic heterocycles. The van der Waals surface area contributed by atoms with Gasteiger partial charge in [0.05, 0.1) is 11.6 Å². The highest BCUT2D eigenvalue weighted by Gasteiger charge is 2.23. The van der Waals surface area contributed by atoms with E-state index in [4.69, 9.17) is 0 Å². The number of hydrogen-bond donors (Lipinski definition) is 0. The van der Waals surface area contributed by atoms with Crippen LogP contribution in [0.2, 0.25) is 0 Å². The molecule has 0 fully saturated rings. The second-order valence-corrected chi connectivity index (χ2v) is 5.82. The van der Waals surface area contributed by atoms with E-state index in [1.165, 1.54) is 0 Å². The molecule has 2 heteroatoms. The van der Waals surface area contributed by atoms with E-state index < -0.39 is 5.41 Å². The van der Waals surface area contributed by atoms with Crippen LogP contribution in [0, 0.1) is 16.7 Å². The maximum Gasteiger partial charge on any atom is 0.168 e. The van der Waals surface area contributed by atoms with Crippen molar-refractivity contribution in [2.75, 3.05) is 0 Å². The fourth-order valence-corrected chi connectivity index (χ4v) is 2.08. The molecule has 0 spiro atoms. The fraction of sp³-hybridized carbons (Fsp3) is 0.222. The van der Waals surface area contributed by atoms with Gasteiger partial charge in [0.1, 0.15) is 0 Å². The molecular weight excluding hydrogens is 246 g/mol. The topological polar surface area (TPSA) is 40.9 Å². The first kappa shape index (κ1) is 14.0. The van der Waals surface area contributed by atoms with Crippen molar-refractivity contribution in [3.05, 3.63) is 59.7 Å². The van der Waals surface area contributed by atoms with Crippen LogP contribution in [-0.4, -0.2) is 5.78 Å². The largest absolute Gasteiger partial charge is 0.294 e. The van der Waals surface area contributed by atoms with Gasteiger partial charge in [-0.2, -0.15) is 5.26 Å². The van der Waals surface area contributed by atoms with E-state index in [1.807, 2.05) is 57.2 Å². The molecule has 100 valence electrons. The lowest BCUT2D eigenvalue weighted by atomic mass is 9.85. The van der Waals surface area contributed by atoms with Gasteiger partial charge in [-0.15, -0.1) is 0 Å². The van der Waals surface area contributed by atoms with E-state index >= 15 is 0 Å². The van der Waals surface area contributed by atoms with Crippen LogP contribution in [0.15, 0.2) is 48.5 Å². The Morgan fingerprint density at radius 3 is 2.25 bits per heavy atom. The Kier molecular flexibility index (Phi) is 3.72. The lowest BCUT2D eigenvalue weighted by Gasteiger charge is -2.17. The molecule has 0 saturated carbocycles. The summed E-state index contributed by atoms with van der Waals surface area (Å²) in [5.74, 6) is 0.0496. The SMILES string of the molecule is CC(C)(C)C(=O)c1ccc(-c2ccccc2)c(C#N)c1. The minimum absolute atomic E-state index is 0.0496. The van der Waals surface area contributed by atoms with E-state index in [0.29, 0.717) is 11.1 Å². The third-order valence-electron chi connectivity index (χ3n) is 3.17. The van der Waals surface area contributed by atoms with E-state index in [0.717, 1.165) is 11.1 Å². The van der Waals surface area contributed by atoms with Crippen LogP contribution in [0.4, 0.5) is 0 Å². The van der Waals surface area contributed by atoms with Crippen LogP contribution in [0.1, 0.15) is 36.7 Å². The van der Waals surface area contributed by atoms with Crippen LogP contribution in [-0.2, 0) is 0 Å². The normalized spacial score (nSPS) is 10.9. The highest BCUT2D eigenvalue weighted by atomic mass is 16.1. The maximum atomic E-state index is 12.3. The second-order valence-electron chi connectivity index (χ2n) is 5.82. The van der Waals surface area contributed by atoms with Gasteiger partial charge in [-0.05, 0) is 17.2 Å². The monoisotopic (exact) mass is 263 g/mol. The number of carbonyl (C=O) groups is 1. The Balaban J connectivity index is 2.51. The summed E-state index contributed by atoms with van der Waals surface area (Å²) < 4.78 is 0. The highest BCUT2D eigenvalue weighted by molar-refractivity contribution is 6.00. The summed E-state index contributed by atoms with van der Waals surface area (Å²) in [6.45, 7) is 5.64. The number of rotatable bonds is 2. The molecule has 0 heterocycles. The molecule has 0 radical (unpaired) electrons. The Bertz CT molecular complexity index is 673. The molecule has 2 aromatic carbocycles. The Hall–Kier alpha value is -2.40. The Morgan fingerprint density at radius 1 is 1.05 bits per heavy atom. The summed E-state index contributed by atoms with van der Waals surface area (Å²) in [6, 6.07) is 17.3. The lowest BCUT2D eigenvalue weighted by molar-refractivity contribution is 0.0858. The van der Waals surface area contributed by atoms with Gasteiger partial charge in [0.15, 0.2) is 5.78 Å². The van der Waals surface area contributed by atoms with Crippen molar-refractivity contribution >= 4 is 5.78 Å². The summed E-state index contributed by atoms with van der Waals surface area (Å²) in [4.78, 5) is 12.3.